The molecule has 2 saturated carbocycles. The van der Waals surface area contributed by atoms with E-state index in [1.807, 2.05) is 12.1 Å². The van der Waals surface area contributed by atoms with E-state index in [9.17, 15) is 0 Å². The van der Waals surface area contributed by atoms with Crippen molar-refractivity contribution in [3.05, 3.63) is 151 Å². The van der Waals surface area contributed by atoms with Crippen LogP contribution in [-0.2, 0) is 0 Å². The van der Waals surface area contributed by atoms with Gasteiger partial charge in [-0.1, -0.05) is 103 Å². The van der Waals surface area contributed by atoms with Crippen molar-refractivity contribution < 1.29 is 4.42 Å². The van der Waals surface area contributed by atoms with Gasteiger partial charge in [0.1, 0.15) is 11.2 Å². The van der Waals surface area contributed by atoms with Crippen LogP contribution in [0.15, 0.2) is 150 Å². The van der Waals surface area contributed by atoms with Gasteiger partial charge in [0.2, 0.25) is 0 Å². The van der Waals surface area contributed by atoms with Gasteiger partial charge in [-0.25, -0.2) is 0 Å². The van der Waals surface area contributed by atoms with E-state index in [0.29, 0.717) is 0 Å². The third kappa shape index (κ3) is 4.73. The monoisotopic (exact) mass is 581 g/mol. The lowest BCUT2D eigenvalue weighted by atomic mass is 9.83. The number of rotatable bonds is 6. The van der Waals surface area contributed by atoms with Crippen molar-refractivity contribution in [1.82, 2.24) is 0 Å². The van der Waals surface area contributed by atoms with Crippen molar-refractivity contribution in [2.45, 2.75) is 31.6 Å². The molecule has 9 rings (SSSR count). The van der Waals surface area contributed by atoms with E-state index in [1.54, 1.807) is 0 Å². The van der Waals surface area contributed by atoms with Crippen LogP contribution in [0.1, 0.15) is 37.2 Å². The molecule has 0 radical (unpaired) electrons. The first kappa shape index (κ1) is 26.3. The summed E-state index contributed by atoms with van der Waals surface area (Å²) < 4.78 is 6.16. The zero-order valence-corrected chi connectivity index (χ0v) is 25.3. The topological polar surface area (TPSA) is 16.4 Å². The first-order valence-electron chi connectivity index (χ1n) is 16.3. The molecule has 3 atom stereocenters. The van der Waals surface area contributed by atoms with Gasteiger partial charge >= 0.3 is 0 Å². The summed E-state index contributed by atoms with van der Waals surface area (Å²) in [5.74, 6) is 2.65. The SMILES string of the molecule is c1ccc(-c2ccc(N(c3ccc(-c4ccc(C5CC6CCC5C6)cc4)cc3)c3ccc4oc5ccccc5c4c3)cc2)cc1. The maximum absolute atomic E-state index is 6.16. The fourth-order valence-electron chi connectivity index (χ4n) is 8.11. The molecule has 2 heteroatoms. The van der Waals surface area contributed by atoms with E-state index in [1.165, 1.54) is 53.5 Å². The van der Waals surface area contributed by atoms with E-state index in [2.05, 4.69) is 138 Å². The van der Waals surface area contributed by atoms with Gasteiger partial charge in [0.05, 0.1) is 0 Å². The lowest BCUT2D eigenvalue weighted by Gasteiger charge is -2.26. The predicted molar refractivity (Wildman–Crippen MR) is 187 cm³/mol. The average Bonchev–Trinajstić information content (AvgIpc) is 3.85. The van der Waals surface area contributed by atoms with Crippen LogP contribution < -0.4 is 4.90 Å². The summed E-state index contributed by atoms with van der Waals surface area (Å²) in [7, 11) is 0. The van der Waals surface area contributed by atoms with E-state index in [0.717, 1.165) is 56.8 Å². The number of benzene rings is 6. The second-order valence-electron chi connectivity index (χ2n) is 13.0. The third-order valence-electron chi connectivity index (χ3n) is 10.4. The van der Waals surface area contributed by atoms with Crippen LogP contribution in [-0.4, -0.2) is 0 Å². The van der Waals surface area contributed by atoms with Crippen molar-refractivity contribution in [3.63, 3.8) is 0 Å². The normalized spacial score (nSPS) is 19.0. The number of para-hydroxylation sites is 1. The molecule has 218 valence electrons. The van der Waals surface area contributed by atoms with Gasteiger partial charge in [0, 0.05) is 27.8 Å². The first-order valence-corrected chi connectivity index (χ1v) is 16.3. The van der Waals surface area contributed by atoms with Crippen molar-refractivity contribution in [3.8, 4) is 22.3 Å². The fourth-order valence-corrected chi connectivity index (χ4v) is 8.11. The molecule has 2 bridgehead atoms. The molecule has 6 aromatic carbocycles. The third-order valence-corrected chi connectivity index (χ3v) is 10.4. The number of furan rings is 1. The van der Waals surface area contributed by atoms with E-state index < -0.39 is 0 Å². The number of hydrogen-bond donors (Lipinski definition) is 0. The van der Waals surface area contributed by atoms with Crippen molar-refractivity contribution in [2.75, 3.05) is 4.90 Å². The van der Waals surface area contributed by atoms with Gasteiger partial charge in [0.15, 0.2) is 0 Å². The van der Waals surface area contributed by atoms with Crippen LogP contribution in [0.3, 0.4) is 0 Å². The second kappa shape index (κ2) is 10.8. The Balaban J connectivity index is 1.08. The van der Waals surface area contributed by atoms with Gasteiger partial charge in [-0.3, -0.25) is 0 Å². The zero-order chi connectivity index (χ0) is 29.7. The van der Waals surface area contributed by atoms with Gasteiger partial charge in [0.25, 0.3) is 0 Å². The van der Waals surface area contributed by atoms with Crippen LogP contribution in [0.25, 0.3) is 44.2 Å². The summed E-state index contributed by atoms with van der Waals surface area (Å²) in [6, 6.07) is 52.7. The Labute approximate surface area is 264 Å². The second-order valence-corrected chi connectivity index (χ2v) is 13.0. The molecule has 2 aliphatic rings. The molecule has 2 aliphatic carbocycles. The molecule has 2 nitrogen and oxygen atoms in total. The maximum atomic E-state index is 6.16. The maximum Gasteiger partial charge on any atom is 0.135 e. The standard InChI is InChI=1S/C43H35NO/c1-2-6-30(7-3-1)32-16-20-36(21-17-32)44(38-24-25-43-41(28-38)39-8-4-5-9-42(39)45-43)37-22-18-33(19-23-37)31-12-14-34(15-13-31)40-27-29-10-11-35(40)26-29/h1-9,12-25,28-29,35,40H,10-11,26-27H2. The van der Waals surface area contributed by atoms with Crippen LogP contribution in [0.5, 0.6) is 0 Å². The quantitative estimate of drug-likeness (QED) is 0.194. The van der Waals surface area contributed by atoms with E-state index in [-0.39, 0.29) is 0 Å². The molecule has 0 N–H and O–H groups in total. The van der Waals surface area contributed by atoms with E-state index >= 15 is 0 Å². The summed E-state index contributed by atoms with van der Waals surface area (Å²) in [4.78, 5) is 2.35. The molecule has 7 aromatic rings. The Hall–Kier alpha value is -5.08. The zero-order valence-electron chi connectivity index (χ0n) is 25.3. The van der Waals surface area contributed by atoms with Gasteiger partial charge in [-0.15, -0.1) is 0 Å². The summed E-state index contributed by atoms with van der Waals surface area (Å²) >= 11 is 0. The van der Waals surface area contributed by atoms with E-state index in [4.69, 9.17) is 4.42 Å². The first-order chi connectivity index (χ1) is 22.3. The summed E-state index contributed by atoms with van der Waals surface area (Å²) in [6.07, 6.45) is 5.71. The Morgan fingerprint density at radius 3 is 1.69 bits per heavy atom. The average molecular weight is 582 g/mol. The van der Waals surface area contributed by atoms with Crippen LogP contribution in [0.4, 0.5) is 17.1 Å². The molecule has 3 unspecified atom stereocenters. The molecule has 0 amide bonds. The fraction of sp³-hybridized carbons (Fsp3) is 0.163. The number of nitrogens with zero attached hydrogens (tertiary/aromatic N) is 1. The van der Waals surface area contributed by atoms with Crippen molar-refractivity contribution in [1.29, 1.82) is 0 Å². The molecule has 1 heterocycles. The minimum atomic E-state index is 0.770. The Morgan fingerprint density at radius 2 is 1.04 bits per heavy atom. The predicted octanol–water partition coefficient (Wildman–Crippen LogP) is 12.3. The van der Waals surface area contributed by atoms with Crippen molar-refractivity contribution in [2.24, 2.45) is 11.8 Å². The minimum absolute atomic E-state index is 0.770. The number of hydrogen-bond acceptors (Lipinski definition) is 2. The smallest absolute Gasteiger partial charge is 0.135 e. The van der Waals surface area contributed by atoms with Gasteiger partial charge < -0.3 is 9.32 Å². The highest BCUT2D eigenvalue weighted by Crippen LogP contribution is 2.53. The number of fused-ring (bicyclic) bond motifs is 5. The van der Waals surface area contributed by atoms with Crippen molar-refractivity contribution >= 4 is 39.0 Å². The summed E-state index contributed by atoms with van der Waals surface area (Å²) in [6.45, 7) is 0. The molecule has 2 fully saturated rings. The van der Waals surface area contributed by atoms with Crippen LogP contribution >= 0.6 is 0 Å². The summed E-state index contributed by atoms with van der Waals surface area (Å²) in [5, 5.41) is 2.26. The lowest BCUT2D eigenvalue weighted by Crippen LogP contribution is -2.09. The Kier molecular flexibility index (Phi) is 6.33. The minimum Gasteiger partial charge on any atom is -0.456 e. The molecular formula is C43H35NO. The van der Waals surface area contributed by atoms with Crippen LogP contribution in [0.2, 0.25) is 0 Å². The molecule has 0 spiro atoms. The highest BCUT2D eigenvalue weighted by molar-refractivity contribution is 6.06. The lowest BCUT2D eigenvalue weighted by molar-refractivity contribution is 0.420. The Bertz CT molecular complexity index is 2110. The molecular weight excluding hydrogens is 546 g/mol. The largest absolute Gasteiger partial charge is 0.456 e. The molecule has 1 aromatic heterocycles. The molecule has 45 heavy (non-hydrogen) atoms. The van der Waals surface area contributed by atoms with Crippen LogP contribution in [0, 0.1) is 11.8 Å². The summed E-state index contributed by atoms with van der Waals surface area (Å²) in [5.41, 5.74) is 11.6. The number of anilines is 3. The highest BCUT2D eigenvalue weighted by atomic mass is 16.3. The Morgan fingerprint density at radius 1 is 0.467 bits per heavy atom. The van der Waals surface area contributed by atoms with Gasteiger partial charge in [-0.05, 0) is 113 Å². The molecule has 0 saturated heterocycles. The molecule has 0 aliphatic heterocycles. The van der Waals surface area contributed by atoms with Gasteiger partial charge in [-0.2, -0.15) is 0 Å². The highest BCUT2D eigenvalue weighted by Gasteiger charge is 2.39.